The highest BCUT2D eigenvalue weighted by molar-refractivity contribution is 7.10. The molecule has 0 unspecified atom stereocenters. The third-order valence-electron chi connectivity index (χ3n) is 2.96. The molecule has 0 aliphatic carbocycles. The number of benzene rings is 2. The molecule has 20 heavy (non-hydrogen) atoms. The van der Waals surface area contributed by atoms with Crippen LogP contribution in [0.1, 0.15) is 10.6 Å². The predicted molar refractivity (Wildman–Crippen MR) is 76.7 cm³/mol. The molecule has 3 rings (SSSR count). The Labute approximate surface area is 119 Å². The Bertz CT molecular complexity index is 702. The lowest BCUT2D eigenvalue weighted by Crippen LogP contribution is -1.88. The maximum atomic E-state index is 12.9. The van der Waals surface area contributed by atoms with E-state index in [1.165, 1.54) is 24.3 Å². The summed E-state index contributed by atoms with van der Waals surface area (Å²) in [6.45, 7) is 0. The van der Waals surface area contributed by atoms with Gasteiger partial charge in [0, 0.05) is 17.4 Å². The summed E-state index contributed by atoms with van der Waals surface area (Å²) in [6.07, 6.45) is 0.673. The Hall–Kier alpha value is -2.07. The summed E-state index contributed by atoms with van der Waals surface area (Å²) in [5, 5.41) is 2.91. The lowest BCUT2D eigenvalue weighted by molar-refractivity contribution is 0.627. The van der Waals surface area contributed by atoms with Crippen molar-refractivity contribution >= 4 is 11.3 Å². The molecular weight excluding hydrogens is 276 g/mol. The van der Waals surface area contributed by atoms with Gasteiger partial charge in [0.05, 0.1) is 10.7 Å². The number of nitrogens with zero attached hydrogens (tertiary/aromatic N) is 1. The van der Waals surface area contributed by atoms with Gasteiger partial charge in [-0.2, -0.15) is 0 Å². The van der Waals surface area contributed by atoms with E-state index in [1.54, 1.807) is 35.6 Å². The molecule has 0 spiro atoms. The van der Waals surface area contributed by atoms with Gasteiger partial charge in [-0.3, -0.25) is 0 Å². The average molecular weight is 287 g/mol. The van der Waals surface area contributed by atoms with Crippen LogP contribution in [0, 0.1) is 11.6 Å². The van der Waals surface area contributed by atoms with Crippen LogP contribution in [0.25, 0.3) is 11.3 Å². The molecule has 0 fully saturated rings. The van der Waals surface area contributed by atoms with E-state index < -0.39 is 0 Å². The molecule has 0 radical (unpaired) electrons. The minimum Gasteiger partial charge on any atom is -0.241 e. The highest BCUT2D eigenvalue weighted by atomic mass is 32.1. The van der Waals surface area contributed by atoms with Gasteiger partial charge in [-0.15, -0.1) is 11.3 Å². The Kier molecular flexibility index (Phi) is 3.56. The zero-order chi connectivity index (χ0) is 13.9. The van der Waals surface area contributed by atoms with E-state index in [9.17, 15) is 8.78 Å². The molecule has 1 heterocycles. The van der Waals surface area contributed by atoms with Crippen LogP contribution in [0.15, 0.2) is 53.9 Å². The molecule has 0 amide bonds. The van der Waals surface area contributed by atoms with Crippen molar-refractivity contribution in [2.75, 3.05) is 0 Å². The molecule has 3 aromatic rings. The number of thiazole rings is 1. The maximum absolute atomic E-state index is 12.9. The largest absolute Gasteiger partial charge is 0.241 e. The molecule has 0 saturated heterocycles. The molecule has 1 nitrogen and oxygen atoms in total. The van der Waals surface area contributed by atoms with E-state index in [1.807, 2.05) is 5.38 Å². The SMILES string of the molecule is Fc1ccc(Cc2nc(-c3ccc(F)cc3)cs2)cc1. The molecule has 0 N–H and O–H groups in total. The summed E-state index contributed by atoms with van der Waals surface area (Å²) < 4.78 is 25.7. The van der Waals surface area contributed by atoms with Crippen molar-refractivity contribution in [3.8, 4) is 11.3 Å². The van der Waals surface area contributed by atoms with E-state index in [-0.39, 0.29) is 11.6 Å². The molecule has 1 aromatic heterocycles. The Morgan fingerprint density at radius 3 is 2.10 bits per heavy atom. The summed E-state index contributed by atoms with van der Waals surface area (Å²) in [5.74, 6) is -0.490. The van der Waals surface area contributed by atoms with Gasteiger partial charge in [-0.25, -0.2) is 13.8 Å². The fourth-order valence-electron chi connectivity index (χ4n) is 1.92. The molecule has 0 atom stereocenters. The summed E-state index contributed by atoms with van der Waals surface area (Å²) in [6, 6.07) is 12.7. The second-order valence-corrected chi connectivity index (χ2v) is 5.38. The molecule has 0 saturated carbocycles. The third-order valence-corrected chi connectivity index (χ3v) is 3.81. The summed E-state index contributed by atoms with van der Waals surface area (Å²) in [4.78, 5) is 4.53. The molecule has 4 heteroatoms. The van der Waals surface area contributed by atoms with E-state index in [0.29, 0.717) is 6.42 Å². The van der Waals surface area contributed by atoms with Crippen LogP contribution in [0.2, 0.25) is 0 Å². The quantitative estimate of drug-likeness (QED) is 0.681. The zero-order valence-corrected chi connectivity index (χ0v) is 11.3. The van der Waals surface area contributed by atoms with Crippen LogP contribution in [0.3, 0.4) is 0 Å². The average Bonchev–Trinajstić information content (AvgIpc) is 2.91. The second kappa shape index (κ2) is 5.51. The van der Waals surface area contributed by atoms with Crippen molar-refractivity contribution in [1.29, 1.82) is 0 Å². The Morgan fingerprint density at radius 2 is 1.45 bits per heavy atom. The first-order valence-corrected chi connectivity index (χ1v) is 7.03. The van der Waals surface area contributed by atoms with Crippen molar-refractivity contribution in [1.82, 2.24) is 4.98 Å². The van der Waals surface area contributed by atoms with E-state index >= 15 is 0 Å². The lowest BCUT2D eigenvalue weighted by atomic mass is 10.1. The fourth-order valence-corrected chi connectivity index (χ4v) is 2.76. The minimum absolute atomic E-state index is 0.236. The van der Waals surface area contributed by atoms with Gasteiger partial charge in [0.25, 0.3) is 0 Å². The first kappa shape index (κ1) is 12.9. The molecule has 0 aliphatic rings. The number of hydrogen-bond donors (Lipinski definition) is 0. The van der Waals surface area contributed by atoms with Crippen molar-refractivity contribution in [3.63, 3.8) is 0 Å². The number of aromatic nitrogens is 1. The van der Waals surface area contributed by atoms with E-state index in [0.717, 1.165) is 21.8 Å². The van der Waals surface area contributed by atoms with E-state index in [2.05, 4.69) is 4.98 Å². The number of hydrogen-bond acceptors (Lipinski definition) is 2. The monoisotopic (exact) mass is 287 g/mol. The van der Waals surface area contributed by atoms with Crippen molar-refractivity contribution in [2.45, 2.75) is 6.42 Å². The first-order valence-electron chi connectivity index (χ1n) is 6.15. The number of halogens is 2. The first-order chi connectivity index (χ1) is 9.70. The van der Waals surface area contributed by atoms with Crippen LogP contribution >= 0.6 is 11.3 Å². The Morgan fingerprint density at radius 1 is 0.850 bits per heavy atom. The van der Waals surface area contributed by atoms with Crippen LogP contribution < -0.4 is 0 Å². The third kappa shape index (κ3) is 2.91. The van der Waals surface area contributed by atoms with Crippen LogP contribution in [-0.4, -0.2) is 4.98 Å². The smallest absolute Gasteiger partial charge is 0.123 e. The summed E-state index contributed by atoms with van der Waals surface area (Å²) >= 11 is 1.55. The van der Waals surface area contributed by atoms with Gasteiger partial charge in [0.1, 0.15) is 11.6 Å². The normalized spacial score (nSPS) is 10.7. The van der Waals surface area contributed by atoms with Crippen LogP contribution in [-0.2, 0) is 6.42 Å². The molecule has 0 bridgehead atoms. The zero-order valence-electron chi connectivity index (χ0n) is 10.5. The van der Waals surface area contributed by atoms with Crippen LogP contribution in [0.5, 0.6) is 0 Å². The number of rotatable bonds is 3. The van der Waals surface area contributed by atoms with Gasteiger partial charge in [-0.05, 0) is 42.0 Å². The lowest BCUT2D eigenvalue weighted by Gasteiger charge is -1.98. The van der Waals surface area contributed by atoms with Gasteiger partial charge in [0.2, 0.25) is 0 Å². The van der Waals surface area contributed by atoms with Gasteiger partial charge in [-0.1, -0.05) is 12.1 Å². The summed E-state index contributed by atoms with van der Waals surface area (Å²) in [7, 11) is 0. The molecule has 2 aromatic carbocycles. The standard InChI is InChI=1S/C16H11F2NS/c17-13-5-1-11(2-6-13)9-16-19-15(10-20-16)12-3-7-14(18)8-4-12/h1-8,10H,9H2. The van der Waals surface area contributed by atoms with Crippen molar-refractivity contribution in [2.24, 2.45) is 0 Å². The van der Waals surface area contributed by atoms with Crippen LogP contribution in [0.4, 0.5) is 8.78 Å². The van der Waals surface area contributed by atoms with Crippen molar-refractivity contribution in [3.05, 3.63) is 76.1 Å². The Balaban J connectivity index is 1.80. The van der Waals surface area contributed by atoms with E-state index in [4.69, 9.17) is 0 Å². The van der Waals surface area contributed by atoms with Gasteiger partial charge >= 0.3 is 0 Å². The maximum Gasteiger partial charge on any atom is 0.123 e. The highest BCUT2D eigenvalue weighted by Gasteiger charge is 2.06. The molecule has 100 valence electrons. The van der Waals surface area contributed by atoms with Gasteiger partial charge < -0.3 is 0 Å². The second-order valence-electron chi connectivity index (χ2n) is 4.44. The molecular formula is C16H11F2NS. The summed E-state index contributed by atoms with van der Waals surface area (Å²) in [5.41, 5.74) is 2.76. The fraction of sp³-hybridized carbons (Fsp3) is 0.0625. The predicted octanol–water partition coefficient (Wildman–Crippen LogP) is 4.68. The highest BCUT2D eigenvalue weighted by Crippen LogP contribution is 2.23. The topological polar surface area (TPSA) is 12.9 Å². The minimum atomic E-state index is -0.254. The van der Waals surface area contributed by atoms with Crippen molar-refractivity contribution < 1.29 is 8.78 Å². The van der Waals surface area contributed by atoms with Gasteiger partial charge in [0.15, 0.2) is 0 Å². The molecule has 0 aliphatic heterocycles.